The summed E-state index contributed by atoms with van der Waals surface area (Å²) in [4.78, 5) is 0. The van der Waals surface area contributed by atoms with Crippen LogP contribution in [0.4, 0.5) is 0 Å². The number of rotatable bonds is 8. The van der Waals surface area contributed by atoms with E-state index in [1.165, 1.54) is 87.1 Å². The summed E-state index contributed by atoms with van der Waals surface area (Å²) in [7, 11) is 0. The SMILES string of the molecule is CCCCCC1CCC(C2CCC(CCc3ccc(Br)cc3)CC2)CC1. The molecule has 2 aliphatic carbocycles. The van der Waals surface area contributed by atoms with E-state index in [-0.39, 0.29) is 0 Å². The molecule has 0 atom stereocenters. The van der Waals surface area contributed by atoms with E-state index in [2.05, 4.69) is 47.1 Å². The molecule has 1 heteroatoms. The van der Waals surface area contributed by atoms with Gasteiger partial charge in [-0.1, -0.05) is 86.4 Å². The van der Waals surface area contributed by atoms with Gasteiger partial charge in [0.1, 0.15) is 0 Å². The standard InChI is InChI=1S/C25H39Br/c1-2-3-4-5-20-8-14-23(15-9-20)24-16-10-21(11-17-24)6-7-22-12-18-25(26)19-13-22/h12-13,18-21,23-24H,2-11,14-17H2,1H3. The van der Waals surface area contributed by atoms with Crippen LogP contribution in [0.5, 0.6) is 0 Å². The van der Waals surface area contributed by atoms with E-state index >= 15 is 0 Å². The van der Waals surface area contributed by atoms with E-state index < -0.39 is 0 Å². The Kier molecular flexibility index (Phi) is 8.56. The van der Waals surface area contributed by atoms with Gasteiger partial charge in [0.05, 0.1) is 0 Å². The van der Waals surface area contributed by atoms with E-state index in [4.69, 9.17) is 0 Å². The van der Waals surface area contributed by atoms with Gasteiger partial charge in [-0.2, -0.15) is 0 Å². The number of halogens is 1. The summed E-state index contributed by atoms with van der Waals surface area (Å²) in [6.45, 7) is 2.33. The maximum Gasteiger partial charge on any atom is 0.0175 e. The lowest BCUT2D eigenvalue weighted by Crippen LogP contribution is -2.26. The van der Waals surface area contributed by atoms with Crippen molar-refractivity contribution < 1.29 is 0 Å². The van der Waals surface area contributed by atoms with Crippen molar-refractivity contribution in [1.29, 1.82) is 0 Å². The molecule has 0 saturated heterocycles. The molecule has 0 N–H and O–H groups in total. The number of hydrogen-bond acceptors (Lipinski definition) is 0. The van der Waals surface area contributed by atoms with E-state index in [9.17, 15) is 0 Å². The Balaban J connectivity index is 1.32. The van der Waals surface area contributed by atoms with Crippen LogP contribution in [-0.4, -0.2) is 0 Å². The highest BCUT2D eigenvalue weighted by Gasteiger charge is 2.30. The van der Waals surface area contributed by atoms with E-state index in [1.807, 2.05) is 0 Å². The Morgan fingerprint density at radius 1 is 0.731 bits per heavy atom. The molecular formula is C25H39Br. The molecule has 0 spiro atoms. The van der Waals surface area contributed by atoms with Crippen molar-refractivity contribution >= 4 is 15.9 Å². The summed E-state index contributed by atoms with van der Waals surface area (Å²) in [5.41, 5.74) is 1.51. The third-order valence-corrected chi connectivity index (χ3v) is 7.95. The van der Waals surface area contributed by atoms with Crippen molar-refractivity contribution in [1.82, 2.24) is 0 Å². The van der Waals surface area contributed by atoms with Crippen LogP contribution in [0.2, 0.25) is 0 Å². The molecule has 0 radical (unpaired) electrons. The van der Waals surface area contributed by atoms with Gasteiger partial charge in [0.2, 0.25) is 0 Å². The minimum atomic E-state index is 0.986. The molecule has 26 heavy (non-hydrogen) atoms. The van der Waals surface area contributed by atoms with Crippen molar-refractivity contribution in [3.8, 4) is 0 Å². The number of unbranched alkanes of at least 4 members (excludes halogenated alkanes) is 2. The fraction of sp³-hybridized carbons (Fsp3) is 0.760. The molecule has 2 saturated carbocycles. The summed E-state index contributed by atoms with van der Waals surface area (Å²) in [6.07, 6.45) is 20.7. The minimum absolute atomic E-state index is 0.986. The molecule has 0 bridgehead atoms. The molecule has 2 fully saturated rings. The summed E-state index contributed by atoms with van der Waals surface area (Å²) in [5, 5.41) is 0. The predicted octanol–water partition coefficient (Wildman–Crippen LogP) is 8.57. The lowest BCUT2D eigenvalue weighted by molar-refractivity contribution is 0.140. The fourth-order valence-electron chi connectivity index (χ4n) is 5.60. The van der Waals surface area contributed by atoms with Gasteiger partial charge in [-0.15, -0.1) is 0 Å². The van der Waals surface area contributed by atoms with E-state index in [0.29, 0.717) is 0 Å². The molecular weight excluding hydrogens is 380 g/mol. The lowest BCUT2D eigenvalue weighted by Gasteiger charge is -2.38. The quantitative estimate of drug-likeness (QED) is 0.370. The number of aryl methyl sites for hydroxylation is 1. The normalized spacial score (nSPS) is 29.6. The van der Waals surface area contributed by atoms with Crippen molar-refractivity contribution in [2.75, 3.05) is 0 Å². The molecule has 3 rings (SSSR count). The van der Waals surface area contributed by atoms with Crippen LogP contribution in [-0.2, 0) is 6.42 Å². The zero-order valence-electron chi connectivity index (χ0n) is 16.9. The lowest BCUT2D eigenvalue weighted by atomic mass is 9.68. The van der Waals surface area contributed by atoms with Crippen LogP contribution >= 0.6 is 15.9 Å². The van der Waals surface area contributed by atoms with Gasteiger partial charge in [-0.3, -0.25) is 0 Å². The maximum atomic E-state index is 3.54. The smallest absolute Gasteiger partial charge is 0.0175 e. The van der Waals surface area contributed by atoms with Gasteiger partial charge >= 0.3 is 0 Å². The summed E-state index contributed by atoms with van der Waals surface area (Å²) in [5.74, 6) is 4.20. The van der Waals surface area contributed by atoms with Crippen molar-refractivity contribution in [2.45, 2.75) is 96.8 Å². The molecule has 0 aliphatic heterocycles. The molecule has 146 valence electrons. The van der Waals surface area contributed by atoms with Crippen molar-refractivity contribution in [3.63, 3.8) is 0 Å². The average molecular weight is 419 g/mol. The predicted molar refractivity (Wildman–Crippen MR) is 118 cm³/mol. The molecule has 0 aromatic heterocycles. The first-order valence-corrected chi connectivity index (χ1v) is 12.3. The highest BCUT2D eigenvalue weighted by molar-refractivity contribution is 9.10. The first-order chi connectivity index (χ1) is 12.7. The van der Waals surface area contributed by atoms with Gasteiger partial charge in [0.15, 0.2) is 0 Å². The van der Waals surface area contributed by atoms with Crippen LogP contribution in [0.1, 0.15) is 96.0 Å². The van der Waals surface area contributed by atoms with Crippen LogP contribution in [0, 0.1) is 23.7 Å². The van der Waals surface area contributed by atoms with Gasteiger partial charge < -0.3 is 0 Å². The van der Waals surface area contributed by atoms with Crippen LogP contribution in [0.3, 0.4) is 0 Å². The number of benzene rings is 1. The van der Waals surface area contributed by atoms with Gasteiger partial charge in [-0.05, 0) is 79.9 Å². The molecule has 0 nitrogen and oxygen atoms in total. The third kappa shape index (κ3) is 6.39. The van der Waals surface area contributed by atoms with Crippen LogP contribution in [0.15, 0.2) is 28.7 Å². The Morgan fingerprint density at radius 3 is 1.81 bits per heavy atom. The Labute approximate surface area is 170 Å². The Bertz CT molecular complexity index is 489. The minimum Gasteiger partial charge on any atom is -0.0654 e. The number of hydrogen-bond donors (Lipinski definition) is 0. The highest BCUT2D eigenvalue weighted by atomic mass is 79.9. The zero-order chi connectivity index (χ0) is 18.2. The summed E-state index contributed by atoms with van der Waals surface area (Å²) in [6, 6.07) is 8.94. The second kappa shape index (κ2) is 10.9. The molecule has 0 amide bonds. The second-order valence-electron chi connectivity index (χ2n) is 9.22. The highest BCUT2D eigenvalue weighted by Crippen LogP contribution is 2.43. The first-order valence-electron chi connectivity index (χ1n) is 11.5. The van der Waals surface area contributed by atoms with Gasteiger partial charge in [0, 0.05) is 4.47 Å². The van der Waals surface area contributed by atoms with E-state index in [0.717, 1.165) is 23.7 Å². The molecule has 1 aromatic carbocycles. The molecule has 0 unspecified atom stereocenters. The monoisotopic (exact) mass is 418 g/mol. The second-order valence-corrected chi connectivity index (χ2v) is 10.1. The van der Waals surface area contributed by atoms with Gasteiger partial charge in [0.25, 0.3) is 0 Å². The average Bonchev–Trinajstić information content (AvgIpc) is 2.69. The molecule has 2 aliphatic rings. The van der Waals surface area contributed by atoms with Crippen molar-refractivity contribution in [2.24, 2.45) is 23.7 Å². The van der Waals surface area contributed by atoms with Crippen LogP contribution in [0.25, 0.3) is 0 Å². The third-order valence-electron chi connectivity index (χ3n) is 7.42. The Hall–Kier alpha value is -0.300. The van der Waals surface area contributed by atoms with E-state index in [1.54, 1.807) is 12.8 Å². The zero-order valence-corrected chi connectivity index (χ0v) is 18.5. The van der Waals surface area contributed by atoms with Crippen LogP contribution < -0.4 is 0 Å². The molecule has 1 aromatic rings. The van der Waals surface area contributed by atoms with Gasteiger partial charge in [-0.25, -0.2) is 0 Å². The van der Waals surface area contributed by atoms with Crippen molar-refractivity contribution in [3.05, 3.63) is 34.3 Å². The summed E-state index contributed by atoms with van der Waals surface area (Å²) >= 11 is 3.54. The topological polar surface area (TPSA) is 0 Å². The Morgan fingerprint density at radius 2 is 1.27 bits per heavy atom. The summed E-state index contributed by atoms with van der Waals surface area (Å²) < 4.78 is 1.20. The molecule has 0 heterocycles. The fourth-order valence-corrected chi connectivity index (χ4v) is 5.87. The first kappa shape index (κ1) is 20.4. The maximum absolute atomic E-state index is 3.54. The largest absolute Gasteiger partial charge is 0.0654 e.